The molecule has 19 heavy (non-hydrogen) atoms. The second kappa shape index (κ2) is 8.70. The molecule has 1 N–H and O–H groups in total. The number of carbonyl (C=O) groups is 1. The highest BCUT2D eigenvalue weighted by Gasteiger charge is 2.06. The molecule has 0 saturated carbocycles. The Balaban J connectivity index is 2.08. The predicted molar refractivity (Wildman–Crippen MR) is 77.9 cm³/mol. The fraction of sp³-hybridized carbons (Fsp3) is 0.562. The Labute approximate surface area is 116 Å². The third-order valence-corrected chi connectivity index (χ3v) is 2.97. The predicted octanol–water partition coefficient (Wildman–Crippen LogP) is 2.93. The van der Waals surface area contributed by atoms with E-state index in [2.05, 4.69) is 36.5 Å². The highest BCUT2D eigenvalue weighted by atomic mass is 16.5. The Hall–Kier alpha value is -1.35. The number of carbonyl (C=O) groups excluding carboxylic acids is 1. The summed E-state index contributed by atoms with van der Waals surface area (Å²) in [6.45, 7) is 8.08. The van der Waals surface area contributed by atoms with Crippen molar-refractivity contribution in [3.63, 3.8) is 0 Å². The van der Waals surface area contributed by atoms with E-state index >= 15 is 0 Å². The molecule has 0 bridgehead atoms. The van der Waals surface area contributed by atoms with E-state index in [0.717, 1.165) is 25.9 Å². The highest BCUT2D eigenvalue weighted by molar-refractivity contribution is 5.71. The number of esters is 1. The second-order valence-electron chi connectivity index (χ2n) is 5.02. The van der Waals surface area contributed by atoms with Gasteiger partial charge in [0.1, 0.15) is 0 Å². The van der Waals surface area contributed by atoms with Gasteiger partial charge in [0.05, 0.1) is 12.5 Å². The van der Waals surface area contributed by atoms with E-state index in [1.807, 2.05) is 13.8 Å². The van der Waals surface area contributed by atoms with Gasteiger partial charge in [-0.05, 0) is 30.5 Å². The molecule has 0 heterocycles. The van der Waals surface area contributed by atoms with Crippen LogP contribution >= 0.6 is 0 Å². The van der Waals surface area contributed by atoms with Gasteiger partial charge in [-0.2, -0.15) is 0 Å². The van der Waals surface area contributed by atoms with Gasteiger partial charge < -0.3 is 10.1 Å². The zero-order valence-electron chi connectivity index (χ0n) is 12.2. The van der Waals surface area contributed by atoms with Crippen LogP contribution in [-0.2, 0) is 22.5 Å². The van der Waals surface area contributed by atoms with Crippen LogP contribution in [0.3, 0.4) is 0 Å². The Morgan fingerprint density at radius 1 is 1.21 bits per heavy atom. The standard InChI is InChI=1S/C16H25NO2/c1-4-14-6-8-15(9-7-14)12-17-10-5-11-19-16(18)13(2)3/h6-9,13,17H,4-5,10-12H2,1-3H3. The Morgan fingerprint density at radius 2 is 1.84 bits per heavy atom. The molecule has 0 atom stereocenters. The molecule has 0 fully saturated rings. The van der Waals surface area contributed by atoms with Gasteiger partial charge in [-0.15, -0.1) is 0 Å². The van der Waals surface area contributed by atoms with Crippen LogP contribution < -0.4 is 5.32 Å². The van der Waals surface area contributed by atoms with Crippen LogP contribution in [0.4, 0.5) is 0 Å². The molecule has 0 aromatic heterocycles. The molecule has 0 spiro atoms. The van der Waals surface area contributed by atoms with Crippen molar-refractivity contribution in [1.29, 1.82) is 0 Å². The molecular weight excluding hydrogens is 238 g/mol. The lowest BCUT2D eigenvalue weighted by molar-refractivity contribution is -0.147. The molecular formula is C16H25NO2. The van der Waals surface area contributed by atoms with Crippen molar-refractivity contribution in [3.05, 3.63) is 35.4 Å². The number of benzene rings is 1. The van der Waals surface area contributed by atoms with Gasteiger partial charge in [-0.3, -0.25) is 4.79 Å². The van der Waals surface area contributed by atoms with Crippen molar-refractivity contribution in [2.24, 2.45) is 5.92 Å². The van der Waals surface area contributed by atoms with Gasteiger partial charge in [-0.1, -0.05) is 45.0 Å². The Morgan fingerprint density at radius 3 is 2.42 bits per heavy atom. The van der Waals surface area contributed by atoms with Crippen molar-refractivity contribution in [3.8, 4) is 0 Å². The third kappa shape index (κ3) is 6.39. The molecule has 1 aromatic rings. The number of ether oxygens (including phenoxy) is 1. The summed E-state index contributed by atoms with van der Waals surface area (Å²) in [5, 5.41) is 3.35. The maximum atomic E-state index is 11.2. The van der Waals surface area contributed by atoms with Crippen molar-refractivity contribution < 1.29 is 9.53 Å². The summed E-state index contributed by atoms with van der Waals surface area (Å²) in [7, 11) is 0. The maximum absolute atomic E-state index is 11.2. The third-order valence-electron chi connectivity index (χ3n) is 2.97. The average molecular weight is 263 g/mol. The molecule has 1 aromatic carbocycles. The summed E-state index contributed by atoms with van der Waals surface area (Å²) in [6, 6.07) is 8.65. The van der Waals surface area contributed by atoms with E-state index in [-0.39, 0.29) is 11.9 Å². The van der Waals surface area contributed by atoms with Crippen LogP contribution in [0.1, 0.15) is 38.3 Å². The molecule has 3 heteroatoms. The summed E-state index contributed by atoms with van der Waals surface area (Å²) in [5.41, 5.74) is 2.65. The second-order valence-corrected chi connectivity index (χ2v) is 5.02. The molecule has 1 rings (SSSR count). The monoisotopic (exact) mass is 263 g/mol. The van der Waals surface area contributed by atoms with Gasteiger partial charge in [0.25, 0.3) is 0 Å². The topological polar surface area (TPSA) is 38.3 Å². The number of rotatable bonds is 8. The molecule has 106 valence electrons. The van der Waals surface area contributed by atoms with Crippen LogP contribution in [0, 0.1) is 5.92 Å². The van der Waals surface area contributed by atoms with Crippen molar-refractivity contribution in [2.45, 2.75) is 40.2 Å². The fourth-order valence-electron chi connectivity index (χ4n) is 1.66. The summed E-state index contributed by atoms with van der Waals surface area (Å²) in [5.74, 6) is -0.153. The molecule has 0 aliphatic carbocycles. The minimum Gasteiger partial charge on any atom is -0.465 e. The van der Waals surface area contributed by atoms with Crippen LogP contribution in [0.5, 0.6) is 0 Å². The first-order chi connectivity index (χ1) is 9.13. The zero-order chi connectivity index (χ0) is 14.1. The van der Waals surface area contributed by atoms with Crippen LogP contribution in [0.2, 0.25) is 0 Å². The molecule has 0 saturated heterocycles. The first-order valence-electron chi connectivity index (χ1n) is 7.08. The van der Waals surface area contributed by atoms with E-state index in [4.69, 9.17) is 4.74 Å². The number of hydrogen-bond acceptors (Lipinski definition) is 3. The van der Waals surface area contributed by atoms with E-state index < -0.39 is 0 Å². The van der Waals surface area contributed by atoms with Crippen molar-refractivity contribution in [1.82, 2.24) is 5.32 Å². The molecule has 0 aliphatic heterocycles. The van der Waals surface area contributed by atoms with Gasteiger partial charge in [0.15, 0.2) is 0 Å². The smallest absolute Gasteiger partial charge is 0.308 e. The number of aryl methyl sites for hydroxylation is 1. The first kappa shape index (κ1) is 15.7. The van der Waals surface area contributed by atoms with Crippen molar-refractivity contribution in [2.75, 3.05) is 13.2 Å². The van der Waals surface area contributed by atoms with Gasteiger partial charge >= 0.3 is 5.97 Å². The van der Waals surface area contributed by atoms with Gasteiger partial charge in [-0.25, -0.2) is 0 Å². The minimum absolute atomic E-state index is 0.0370. The fourth-order valence-corrected chi connectivity index (χ4v) is 1.66. The van der Waals surface area contributed by atoms with Crippen LogP contribution in [0.15, 0.2) is 24.3 Å². The zero-order valence-corrected chi connectivity index (χ0v) is 12.2. The summed E-state index contributed by atoms with van der Waals surface area (Å²) < 4.78 is 5.11. The van der Waals surface area contributed by atoms with E-state index in [1.165, 1.54) is 11.1 Å². The van der Waals surface area contributed by atoms with Gasteiger partial charge in [0.2, 0.25) is 0 Å². The SMILES string of the molecule is CCc1ccc(CNCCCOC(=O)C(C)C)cc1. The number of nitrogens with one attached hydrogen (secondary N) is 1. The van der Waals surface area contributed by atoms with E-state index in [0.29, 0.717) is 6.61 Å². The van der Waals surface area contributed by atoms with E-state index in [9.17, 15) is 4.79 Å². The average Bonchev–Trinajstić information content (AvgIpc) is 2.42. The lowest BCUT2D eigenvalue weighted by atomic mass is 10.1. The molecule has 0 radical (unpaired) electrons. The summed E-state index contributed by atoms with van der Waals surface area (Å²) in [6.07, 6.45) is 1.93. The molecule has 0 aliphatic rings. The first-order valence-corrected chi connectivity index (χ1v) is 7.08. The van der Waals surface area contributed by atoms with Crippen LogP contribution in [0.25, 0.3) is 0 Å². The number of hydrogen-bond donors (Lipinski definition) is 1. The minimum atomic E-state index is -0.116. The Bertz CT molecular complexity index is 371. The highest BCUT2D eigenvalue weighted by Crippen LogP contribution is 2.04. The van der Waals surface area contributed by atoms with Crippen LogP contribution in [-0.4, -0.2) is 19.1 Å². The largest absolute Gasteiger partial charge is 0.465 e. The van der Waals surface area contributed by atoms with E-state index in [1.54, 1.807) is 0 Å². The van der Waals surface area contributed by atoms with Gasteiger partial charge in [0, 0.05) is 6.54 Å². The molecule has 3 nitrogen and oxygen atoms in total. The lowest BCUT2D eigenvalue weighted by Gasteiger charge is -2.08. The lowest BCUT2D eigenvalue weighted by Crippen LogP contribution is -2.18. The molecule has 0 amide bonds. The van der Waals surface area contributed by atoms with Crippen molar-refractivity contribution >= 4 is 5.97 Å². The molecule has 0 unspecified atom stereocenters. The summed E-state index contributed by atoms with van der Waals surface area (Å²) in [4.78, 5) is 11.2. The normalized spacial score (nSPS) is 10.7. The quantitative estimate of drug-likeness (QED) is 0.579. The Kier molecular flexibility index (Phi) is 7.19. The maximum Gasteiger partial charge on any atom is 0.308 e. The summed E-state index contributed by atoms with van der Waals surface area (Å²) >= 11 is 0.